The zero-order valence-corrected chi connectivity index (χ0v) is 18.9. The van der Waals surface area contributed by atoms with E-state index in [2.05, 4.69) is 15.1 Å². The largest absolute Gasteiger partial charge is 0.497 e. The summed E-state index contributed by atoms with van der Waals surface area (Å²) < 4.78 is 35.5. The Morgan fingerprint density at radius 3 is 2.48 bits per heavy atom. The molecule has 33 heavy (non-hydrogen) atoms. The van der Waals surface area contributed by atoms with Gasteiger partial charge < -0.3 is 9.84 Å². The third-order valence-corrected chi connectivity index (χ3v) is 6.92. The predicted octanol–water partition coefficient (Wildman–Crippen LogP) is 2.77. The van der Waals surface area contributed by atoms with Gasteiger partial charge in [0, 0.05) is 19.4 Å². The molecule has 0 saturated heterocycles. The van der Waals surface area contributed by atoms with Crippen LogP contribution in [0.25, 0.3) is 11.0 Å². The number of carboxylic acid groups (broad SMARTS) is 1. The SMILES string of the molecule is COc1ccc(S(=O)(=O)N(Cc2ccccn2)c2c(C(=O)O)cnc3c2c(C)nn3C)cc1. The van der Waals surface area contributed by atoms with Gasteiger partial charge in [-0.15, -0.1) is 0 Å². The highest BCUT2D eigenvalue weighted by molar-refractivity contribution is 7.92. The molecule has 0 bridgehead atoms. The molecule has 0 fully saturated rings. The number of methoxy groups -OCH3 is 1. The number of rotatable bonds is 7. The second kappa shape index (κ2) is 8.51. The second-order valence-corrected chi connectivity index (χ2v) is 9.10. The first-order valence-electron chi connectivity index (χ1n) is 9.86. The summed E-state index contributed by atoms with van der Waals surface area (Å²) in [5.74, 6) is -0.815. The number of aromatic nitrogens is 4. The summed E-state index contributed by atoms with van der Waals surface area (Å²) in [6.45, 7) is 1.49. The summed E-state index contributed by atoms with van der Waals surface area (Å²) in [4.78, 5) is 20.6. The van der Waals surface area contributed by atoms with E-state index in [0.29, 0.717) is 28.2 Å². The molecule has 1 aromatic carbocycles. The minimum absolute atomic E-state index is 0.0143. The van der Waals surface area contributed by atoms with E-state index in [1.807, 2.05) is 0 Å². The van der Waals surface area contributed by atoms with Gasteiger partial charge >= 0.3 is 5.97 Å². The molecule has 0 spiro atoms. The fourth-order valence-corrected chi connectivity index (χ4v) is 5.07. The van der Waals surface area contributed by atoms with Crippen molar-refractivity contribution in [1.29, 1.82) is 0 Å². The number of pyridine rings is 2. The Morgan fingerprint density at radius 2 is 1.88 bits per heavy atom. The van der Waals surface area contributed by atoms with Crippen LogP contribution in [0.2, 0.25) is 0 Å². The number of hydrogen-bond acceptors (Lipinski definition) is 7. The lowest BCUT2D eigenvalue weighted by atomic mass is 10.1. The van der Waals surface area contributed by atoms with E-state index < -0.39 is 16.0 Å². The van der Waals surface area contributed by atoms with Gasteiger partial charge in [0.15, 0.2) is 5.65 Å². The molecule has 0 atom stereocenters. The van der Waals surface area contributed by atoms with E-state index in [1.165, 1.54) is 36.1 Å². The minimum Gasteiger partial charge on any atom is -0.497 e. The maximum Gasteiger partial charge on any atom is 0.339 e. The van der Waals surface area contributed by atoms with Crippen molar-refractivity contribution >= 4 is 32.7 Å². The van der Waals surface area contributed by atoms with Crippen LogP contribution < -0.4 is 9.04 Å². The molecule has 3 heterocycles. The number of carbonyl (C=O) groups is 1. The Morgan fingerprint density at radius 1 is 1.15 bits per heavy atom. The number of aryl methyl sites for hydroxylation is 2. The molecule has 0 aliphatic rings. The van der Waals surface area contributed by atoms with E-state index in [9.17, 15) is 18.3 Å². The first-order valence-corrected chi connectivity index (χ1v) is 11.3. The molecule has 170 valence electrons. The Hall–Kier alpha value is -3.99. The van der Waals surface area contributed by atoms with Crippen LogP contribution in [0.1, 0.15) is 21.7 Å². The molecule has 10 nitrogen and oxygen atoms in total. The highest BCUT2D eigenvalue weighted by atomic mass is 32.2. The molecule has 0 saturated carbocycles. The van der Waals surface area contributed by atoms with E-state index >= 15 is 0 Å². The molecule has 0 amide bonds. The fourth-order valence-electron chi connectivity index (χ4n) is 3.61. The Kier molecular flexibility index (Phi) is 5.73. The van der Waals surface area contributed by atoms with E-state index in [0.717, 1.165) is 10.5 Å². The summed E-state index contributed by atoms with van der Waals surface area (Å²) in [7, 11) is -1.08. The van der Waals surface area contributed by atoms with Crippen LogP contribution in [0, 0.1) is 6.92 Å². The molecule has 0 radical (unpaired) electrons. The standard InChI is InChI=1S/C22H21N5O5S/c1-14-19-20(18(22(28)29)12-24-21(19)26(2)25-14)27(13-15-6-4-5-11-23-15)33(30,31)17-9-7-16(32-3)8-10-17/h4-12H,13H2,1-3H3,(H,28,29). The lowest BCUT2D eigenvalue weighted by Gasteiger charge is -2.26. The van der Waals surface area contributed by atoms with Crippen LogP contribution in [-0.4, -0.2) is 46.4 Å². The number of aromatic carboxylic acids is 1. The van der Waals surface area contributed by atoms with Gasteiger partial charge in [-0.05, 0) is 43.3 Å². The predicted molar refractivity (Wildman–Crippen MR) is 121 cm³/mol. The molecule has 0 aliphatic carbocycles. The highest BCUT2D eigenvalue weighted by Crippen LogP contribution is 2.36. The van der Waals surface area contributed by atoms with E-state index in [1.54, 1.807) is 38.4 Å². The number of carboxylic acids is 1. The first kappa shape index (κ1) is 22.2. The molecule has 0 aliphatic heterocycles. The Balaban J connectivity index is 2.02. The summed E-state index contributed by atoms with van der Waals surface area (Å²) in [5, 5.41) is 14.6. The molecule has 4 rings (SSSR count). The third kappa shape index (κ3) is 3.98. The van der Waals surface area contributed by atoms with Crippen molar-refractivity contribution in [1.82, 2.24) is 19.7 Å². The van der Waals surface area contributed by atoms with Crippen molar-refractivity contribution in [3.8, 4) is 5.75 Å². The normalized spacial score (nSPS) is 11.5. The molecule has 11 heteroatoms. The number of sulfonamides is 1. The first-order chi connectivity index (χ1) is 15.7. The van der Waals surface area contributed by atoms with Gasteiger partial charge in [-0.25, -0.2) is 18.2 Å². The van der Waals surface area contributed by atoms with E-state index in [-0.39, 0.29) is 22.7 Å². The average Bonchev–Trinajstić information content (AvgIpc) is 3.11. The van der Waals surface area contributed by atoms with Gasteiger partial charge in [-0.2, -0.15) is 5.10 Å². The lowest BCUT2D eigenvalue weighted by Crippen LogP contribution is -2.32. The van der Waals surface area contributed by atoms with Gasteiger partial charge in [-0.1, -0.05) is 6.07 Å². The molecule has 1 N–H and O–H groups in total. The summed E-state index contributed by atoms with van der Waals surface area (Å²) >= 11 is 0. The highest BCUT2D eigenvalue weighted by Gasteiger charge is 2.33. The van der Waals surface area contributed by atoms with Gasteiger partial charge in [0.2, 0.25) is 0 Å². The van der Waals surface area contributed by atoms with Crippen molar-refractivity contribution in [2.45, 2.75) is 18.4 Å². The molecular weight excluding hydrogens is 446 g/mol. The monoisotopic (exact) mass is 467 g/mol. The van der Waals surface area contributed by atoms with Crippen LogP contribution in [-0.2, 0) is 23.6 Å². The van der Waals surface area contributed by atoms with Gasteiger partial charge in [-0.3, -0.25) is 14.0 Å². The van der Waals surface area contributed by atoms with Crippen molar-refractivity contribution < 1.29 is 23.1 Å². The van der Waals surface area contributed by atoms with Gasteiger partial charge in [0.1, 0.15) is 11.3 Å². The number of benzene rings is 1. The molecular formula is C22H21N5O5S. The lowest BCUT2D eigenvalue weighted by molar-refractivity contribution is 0.0697. The topological polar surface area (TPSA) is 128 Å². The summed E-state index contributed by atoms with van der Waals surface area (Å²) in [6, 6.07) is 11.0. The summed E-state index contributed by atoms with van der Waals surface area (Å²) in [6.07, 6.45) is 2.69. The number of fused-ring (bicyclic) bond motifs is 1. The van der Waals surface area contributed by atoms with E-state index in [4.69, 9.17) is 4.74 Å². The van der Waals surface area contributed by atoms with Gasteiger partial charge in [0.25, 0.3) is 10.0 Å². The number of nitrogens with zero attached hydrogens (tertiary/aromatic N) is 5. The van der Waals surface area contributed by atoms with Crippen molar-refractivity contribution in [3.05, 3.63) is 71.8 Å². The smallest absolute Gasteiger partial charge is 0.339 e. The maximum atomic E-state index is 13.9. The number of ether oxygens (including phenoxy) is 1. The maximum absolute atomic E-state index is 13.9. The minimum atomic E-state index is -4.22. The third-order valence-electron chi connectivity index (χ3n) is 5.16. The average molecular weight is 468 g/mol. The zero-order chi connectivity index (χ0) is 23.8. The van der Waals surface area contributed by atoms with Crippen LogP contribution >= 0.6 is 0 Å². The molecule has 0 unspecified atom stereocenters. The molecule has 4 aromatic rings. The van der Waals surface area contributed by atoms with Crippen LogP contribution in [0.15, 0.2) is 59.8 Å². The van der Waals surface area contributed by atoms with Gasteiger partial charge in [0.05, 0.1) is 41.0 Å². The number of hydrogen-bond donors (Lipinski definition) is 1. The molecule has 3 aromatic heterocycles. The number of anilines is 1. The Bertz CT molecular complexity index is 1430. The quantitative estimate of drug-likeness (QED) is 0.439. The fraction of sp³-hybridized carbons (Fsp3) is 0.182. The zero-order valence-electron chi connectivity index (χ0n) is 18.1. The van der Waals surface area contributed by atoms with Crippen molar-refractivity contribution in [2.75, 3.05) is 11.4 Å². The van der Waals surface area contributed by atoms with Crippen molar-refractivity contribution in [3.63, 3.8) is 0 Å². The Labute approximate surface area is 190 Å². The summed E-state index contributed by atoms with van der Waals surface area (Å²) in [5.41, 5.74) is 0.987. The van der Waals surface area contributed by atoms with Crippen LogP contribution in [0.5, 0.6) is 5.75 Å². The van der Waals surface area contributed by atoms with Crippen LogP contribution in [0.4, 0.5) is 5.69 Å². The van der Waals surface area contributed by atoms with Crippen LogP contribution in [0.3, 0.4) is 0 Å². The van der Waals surface area contributed by atoms with Crippen molar-refractivity contribution in [2.24, 2.45) is 7.05 Å². The second-order valence-electron chi connectivity index (χ2n) is 7.24.